The van der Waals surface area contributed by atoms with Gasteiger partial charge in [-0.25, -0.2) is 9.97 Å². The van der Waals surface area contributed by atoms with Gasteiger partial charge in [0.05, 0.1) is 5.41 Å². The average molecular weight is 315 g/mol. The highest BCUT2D eigenvalue weighted by molar-refractivity contribution is 5.80. The van der Waals surface area contributed by atoms with E-state index in [2.05, 4.69) is 20.3 Å². The number of carbonyl (C=O) groups excluding carboxylic acids is 1. The number of aromatic nitrogens is 3. The third-order valence-corrected chi connectivity index (χ3v) is 3.81. The lowest BCUT2D eigenvalue weighted by Gasteiger charge is -2.21. The van der Waals surface area contributed by atoms with Crippen molar-refractivity contribution in [3.63, 3.8) is 0 Å². The second-order valence-electron chi connectivity index (χ2n) is 6.16. The van der Waals surface area contributed by atoms with E-state index in [1.54, 1.807) is 46.0 Å². The maximum atomic E-state index is 11.8. The molecule has 0 aliphatic rings. The summed E-state index contributed by atoms with van der Waals surface area (Å²) in [6.07, 6.45) is 1.62. The Labute approximate surface area is 134 Å². The largest absolute Gasteiger partial charge is 0.369 e. The Balaban J connectivity index is 2.17. The summed E-state index contributed by atoms with van der Waals surface area (Å²) in [7, 11) is 0. The smallest absolute Gasteiger partial charge is 0.254 e. The van der Waals surface area contributed by atoms with Gasteiger partial charge in [-0.05, 0) is 39.8 Å². The van der Waals surface area contributed by atoms with Crippen molar-refractivity contribution in [1.82, 2.24) is 15.0 Å². The molecule has 0 aliphatic carbocycles. The SMILES string of the molecule is Cc1nc(-c2ccc(NCC(C)(C)C(N)=O)nc2)[nH]c(=O)c1C. The summed E-state index contributed by atoms with van der Waals surface area (Å²) in [5.74, 6) is 0.724. The molecule has 2 aromatic rings. The van der Waals surface area contributed by atoms with Crippen molar-refractivity contribution in [3.05, 3.63) is 39.9 Å². The number of pyridine rings is 1. The van der Waals surface area contributed by atoms with Crippen molar-refractivity contribution < 1.29 is 4.79 Å². The van der Waals surface area contributed by atoms with Gasteiger partial charge < -0.3 is 16.0 Å². The first-order chi connectivity index (χ1) is 10.7. The second kappa shape index (κ2) is 6.20. The van der Waals surface area contributed by atoms with E-state index in [4.69, 9.17) is 5.73 Å². The maximum absolute atomic E-state index is 11.8. The van der Waals surface area contributed by atoms with E-state index in [-0.39, 0.29) is 11.5 Å². The summed E-state index contributed by atoms with van der Waals surface area (Å²) < 4.78 is 0. The first-order valence-electron chi connectivity index (χ1n) is 7.28. The molecule has 0 spiro atoms. The van der Waals surface area contributed by atoms with Gasteiger partial charge >= 0.3 is 0 Å². The maximum Gasteiger partial charge on any atom is 0.254 e. The third kappa shape index (κ3) is 3.74. The van der Waals surface area contributed by atoms with Crippen LogP contribution in [0.4, 0.5) is 5.82 Å². The number of amides is 1. The number of hydrogen-bond acceptors (Lipinski definition) is 5. The topological polar surface area (TPSA) is 114 Å². The summed E-state index contributed by atoms with van der Waals surface area (Å²) in [5, 5.41) is 3.07. The van der Waals surface area contributed by atoms with Crippen LogP contribution in [0.1, 0.15) is 25.1 Å². The van der Waals surface area contributed by atoms with Gasteiger partial charge in [0.25, 0.3) is 5.56 Å². The monoisotopic (exact) mass is 315 g/mol. The van der Waals surface area contributed by atoms with E-state index < -0.39 is 5.41 Å². The molecule has 2 aromatic heterocycles. The zero-order valence-corrected chi connectivity index (χ0v) is 13.7. The number of primary amides is 1. The Morgan fingerprint density at radius 1 is 1.35 bits per heavy atom. The summed E-state index contributed by atoms with van der Waals surface area (Å²) in [6.45, 7) is 7.44. The standard InChI is InChI=1S/C16H21N5O2/c1-9-10(2)20-13(21-14(9)22)11-5-6-12(18-7-11)19-8-16(3,4)15(17)23/h5-7H,8H2,1-4H3,(H2,17,23)(H,18,19)(H,20,21,22). The van der Waals surface area contributed by atoms with E-state index in [1.165, 1.54) is 0 Å². The first kappa shape index (κ1) is 16.7. The predicted octanol–water partition coefficient (Wildman–Crippen LogP) is 1.37. The Bertz CT molecular complexity index is 778. The van der Waals surface area contributed by atoms with Crippen LogP contribution in [0.5, 0.6) is 0 Å². The zero-order chi connectivity index (χ0) is 17.2. The molecule has 0 radical (unpaired) electrons. The number of nitrogens with one attached hydrogen (secondary N) is 2. The van der Waals surface area contributed by atoms with Crippen LogP contribution >= 0.6 is 0 Å². The van der Waals surface area contributed by atoms with E-state index >= 15 is 0 Å². The molecular weight excluding hydrogens is 294 g/mol. The summed E-state index contributed by atoms with van der Waals surface area (Å²) in [4.78, 5) is 34.5. The molecule has 2 heterocycles. The van der Waals surface area contributed by atoms with Gasteiger partial charge in [-0.15, -0.1) is 0 Å². The van der Waals surface area contributed by atoms with Gasteiger partial charge in [0.15, 0.2) is 0 Å². The van der Waals surface area contributed by atoms with Crippen molar-refractivity contribution in [2.45, 2.75) is 27.7 Å². The minimum absolute atomic E-state index is 0.155. The van der Waals surface area contributed by atoms with Crippen molar-refractivity contribution in [2.24, 2.45) is 11.1 Å². The first-order valence-corrected chi connectivity index (χ1v) is 7.28. The van der Waals surface area contributed by atoms with Crippen LogP contribution in [-0.4, -0.2) is 27.4 Å². The van der Waals surface area contributed by atoms with Crippen molar-refractivity contribution in [2.75, 3.05) is 11.9 Å². The number of rotatable bonds is 5. The quantitative estimate of drug-likeness (QED) is 0.771. The third-order valence-electron chi connectivity index (χ3n) is 3.81. The van der Waals surface area contributed by atoms with Crippen molar-refractivity contribution >= 4 is 11.7 Å². The van der Waals surface area contributed by atoms with Gasteiger partial charge in [0, 0.05) is 29.6 Å². The predicted molar refractivity (Wildman–Crippen MR) is 89.0 cm³/mol. The van der Waals surface area contributed by atoms with Crippen LogP contribution in [0.2, 0.25) is 0 Å². The molecule has 122 valence electrons. The van der Waals surface area contributed by atoms with Gasteiger partial charge in [-0.3, -0.25) is 9.59 Å². The molecule has 0 aromatic carbocycles. The molecule has 1 amide bonds. The number of aryl methyl sites for hydroxylation is 1. The summed E-state index contributed by atoms with van der Waals surface area (Å²) in [5.41, 5.74) is 6.52. The average Bonchev–Trinajstić information content (AvgIpc) is 2.50. The molecule has 0 fully saturated rings. The highest BCUT2D eigenvalue weighted by Gasteiger charge is 2.24. The minimum Gasteiger partial charge on any atom is -0.369 e. The molecule has 23 heavy (non-hydrogen) atoms. The van der Waals surface area contributed by atoms with Gasteiger partial charge in [0.1, 0.15) is 11.6 Å². The molecule has 4 N–H and O–H groups in total. The van der Waals surface area contributed by atoms with Crippen molar-refractivity contribution in [3.8, 4) is 11.4 Å². The number of aromatic amines is 1. The molecule has 0 saturated heterocycles. The number of H-pyrrole nitrogens is 1. The lowest BCUT2D eigenvalue weighted by atomic mass is 9.93. The van der Waals surface area contributed by atoms with Gasteiger partial charge in [-0.2, -0.15) is 0 Å². The number of nitrogens with two attached hydrogens (primary N) is 1. The number of nitrogens with zero attached hydrogens (tertiary/aromatic N) is 2. The van der Waals surface area contributed by atoms with E-state index in [9.17, 15) is 9.59 Å². The van der Waals surface area contributed by atoms with E-state index in [0.717, 1.165) is 0 Å². The zero-order valence-electron chi connectivity index (χ0n) is 13.7. The van der Waals surface area contributed by atoms with Crippen molar-refractivity contribution in [1.29, 1.82) is 0 Å². The van der Waals surface area contributed by atoms with Crippen LogP contribution in [0.25, 0.3) is 11.4 Å². The van der Waals surface area contributed by atoms with Gasteiger partial charge in [0.2, 0.25) is 5.91 Å². The molecule has 0 unspecified atom stereocenters. The Morgan fingerprint density at radius 3 is 2.57 bits per heavy atom. The summed E-state index contributed by atoms with van der Waals surface area (Å²) >= 11 is 0. The molecule has 0 atom stereocenters. The highest BCUT2D eigenvalue weighted by atomic mass is 16.1. The molecule has 0 bridgehead atoms. The fraction of sp³-hybridized carbons (Fsp3) is 0.375. The number of carbonyl (C=O) groups is 1. The van der Waals surface area contributed by atoms with Gasteiger partial charge in [-0.1, -0.05) is 0 Å². The Hall–Kier alpha value is -2.70. The number of anilines is 1. The molecule has 0 saturated carbocycles. The molecule has 2 rings (SSSR count). The molecule has 0 aliphatic heterocycles. The van der Waals surface area contributed by atoms with Crippen LogP contribution in [0.15, 0.2) is 23.1 Å². The summed E-state index contributed by atoms with van der Waals surface area (Å²) in [6, 6.07) is 3.57. The molecular formula is C16H21N5O2. The fourth-order valence-electron chi connectivity index (χ4n) is 1.82. The fourth-order valence-corrected chi connectivity index (χ4v) is 1.82. The molecule has 7 nitrogen and oxygen atoms in total. The van der Waals surface area contributed by atoms with Crippen LogP contribution < -0.4 is 16.6 Å². The Kier molecular flexibility index (Phi) is 4.49. The van der Waals surface area contributed by atoms with Crippen LogP contribution in [-0.2, 0) is 4.79 Å². The lowest BCUT2D eigenvalue weighted by molar-refractivity contribution is -0.125. The van der Waals surface area contributed by atoms with E-state index in [1.807, 2.05) is 0 Å². The number of hydrogen-bond donors (Lipinski definition) is 3. The van der Waals surface area contributed by atoms with Crippen LogP contribution in [0.3, 0.4) is 0 Å². The molecule has 7 heteroatoms. The minimum atomic E-state index is -0.665. The second-order valence-corrected chi connectivity index (χ2v) is 6.16. The normalized spacial score (nSPS) is 11.3. The van der Waals surface area contributed by atoms with Crippen LogP contribution in [0, 0.1) is 19.3 Å². The van der Waals surface area contributed by atoms with E-state index in [0.29, 0.717) is 35.0 Å². The Morgan fingerprint density at radius 2 is 2.04 bits per heavy atom. The lowest BCUT2D eigenvalue weighted by Crippen LogP contribution is -2.37. The highest BCUT2D eigenvalue weighted by Crippen LogP contribution is 2.18.